The fraction of sp³-hybridized carbons (Fsp3) is 0.600. The Balaban J connectivity index is 4.87. The zero-order valence-corrected chi connectivity index (χ0v) is 11.0. The van der Waals surface area contributed by atoms with Gasteiger partial charge in [0.25, 0.3) is 0 Å². The first-order valence-corrected chi connectivity index (χ1v) is 5.77. The van der Waals surface area contributed by atoms with Gasteiger partial charge in [0.15, 0.2) is 0 Å². The second-order valence-corrected chi connectivity index (χ2v) is 5.72. The molecular weight excluding hydrogens is 180 g/mol. The van der Waals surface area contributed by atoms with E-state index in [0.717, 1.165) is 0 Å². The molecule has 86 valence electrons. The predicted molar refractivity (Wildman–Crippen MR) is 70.9 cm³/mol. The molecule has 0 heteroatoms. The van der Waals surface area contributed by atoms with Crippen molar-refractivity contribution >= 4 is 0 Å². The number of allylic oxidation sites excluding steroid dienone is 4. The fourth-order valence-corrected chi connectivity index (χ4v) is 1.88. The topological polar surface area (TPSA) is 0 Å². The van der Waals surface area contributed by atoms with Crippen LogP contribution in [0.1, 0.15) is 41.0 Å². The summed E-state index contributed by atoms with van der Waals surface area (Å²) in [6, 6.07) is 0. The quantitative estimate of drug-likeness (QED) is 0.556. The van der Waals surface area contributed by atoms with E-state index < -0.39 is 0 Å². The lowest BCUT2D eigenvalue weighted by Crippen LogP contribution is -2.19. The minimum absolute atomic E-state index is 0.359. The van der Waals surface area contributed by atoms with Crippen molar-refractivity contribution in [3.05, 3.63) is 37.0 Å². The predicted octanol–water partition coefficient (Wildman–Crippen LogP) is 4.99. The number of hydrogen-bond acceptors (Lipinski definition) is 0. The van der Waals surface area contributed by atoms with Gasteiger partial charge in [0.1, 0.15) is 0 Å². The van der Waals surface area contributed by atoms with E-state index in [9.17, 15) is 0 Å². The van der Waals surface area contributed by atoms with Gasteiger partial charge in [0.05, 0.1) is 0 Å². The van der Waals surface area contributed by atoms with Crippen LogP contribution in [0.15, 0.2) is 37.0 Å². The van der Waals surface area contributed by atoms with Crippen molar-refractivity contribution in [1.29, 1.82) is 0 Å². The third-order valence-electron chi connectivity index (χ3n) is 2.61. The first-order chi connectivity index (χ1) is 6.81. The summed E-state index contributed by atoms with van der Waals surface area (Å²) in [7, 11) is 0. The van der Waals surface area contributed by atoms with Crippen LogP contribution in [0.2, 0.25) is 0 Å². The normalized spacial score (nSPS) is 15.2. The highest BCUT2D eigenvalue weighted by atomic mass is 14.3. The van der Waals surface area contributed by atoms with Gasteiger partial charge in [-0.2, -0.15) is 0 Å². The molecule has 0 fully saturated rings. The Hall–Kier alpha value is -0.780. The molecule has 0 saturated carbocycles. The highest BCUT2D eigenvalue weighted by molar-refractivity contribution is 5.24. The summed E-state index contributed by atoms with van der Waals surface area (Å²) in [6.07, 6.45) is 7.10. The van der Waals surface area contributed by atoms with Crippen molar-refractivity contribution in [3.63, 3.8) is 0 Å². The molecule has 0 rings (SSSR count). The highest BCUT2D eigenvalue weighted by Crippen LogP contribution is 2.34. The zero-order chi connectivity index (χ0) is 12.1. The summed E-state index contributed by atoms with van der Waals surface area (Å²) in [5.74, 6) is 1.23. The molecule has 0 aliphatic rings. The lowest BCUT2D eigenvalue weighted by Gasteiger charge is -2.29. The van der Waals surface area contributed by atoms with Crippen molar-refractivity contribution < 1.29 is 0 Å². The molecule has 0 amide bonds. The van der Waals surface area contributed by atoms with E-state index in [1.165, 1.54) is 12.0 Å². The molecular formula is C15H26. The molecule has 0 nitrogen and oxygen atoms in total. The molecule has 0 aliphatic heterocycles. The van der Waals surface area contributed by atoms with Crippen LogP contribution < -0.4 is 0 Å². The minimum Gasteiger partial charge on any atom is -0.0991 e. The molecule has 0 aliphatic carbocycles. The molecule has 0 bridgehead atoms. The van der Waals surface area contributed by atoms with Crippen molar-refractivity contribution in [3.8, 4) is 0 Å². The third kappa shape index (κ3) is 5.61. The second-order valence-electron chi connectivity index (χ2n) is 5.72. The Bertz CT molecular complexity index is 235. The molecule has 0 heterocycles. The average Bonchev–Trinajstić information content (AvgIpc) is 2.09. The Labute approximate surface area is 95.8 Å². The first-order valence-electron chi connectivity index (χ1n) is 5.77. The molecule has 0 spiro atoms. The first kappa shape index (κ1) is 14.2. The summed E-state index contributed by atoms with van der Waals surface area (Å²) in [6.45, 7) is 19.1. The van der Waals surface area contributed by atoms with Crippen molar-refractivity contribution in [2.75, 3.05) is 0 Å². The molecule has 0 saturated heterocycles. The number of hydrogen-bond donors (Lipinski definition) is 0. The molecule has 15 heavy (non-hydrogen) atoms. The van der Waals surface area contributed by atoms with E-state index in [-0.39, 0.29) is 0 Å². The average molecular weight is 206 g/mol. The Morgan fingerprint density at radius 2 is 1.73 bits per heavy atom. The van der Waals surface area contributed by atoms with E-state index in [1.54, 1.807) is 0 Å². The van der Waals surface area contributed by atoms with Crippen LogP contribution in [0, 0.1) is 17.3 Å². The van der Waals surface area contributed by atoms with Crippen LogP contribution in [0.5, 0.6) is 0 Å². The molecule has 1 atom stereocenters. The van der Waals surface area contributed by atoms with Gasteiger partial charge in [-0.15, -0.1) is 0 Å². The maximum Gasteiger partial charge on any atom is -0.0134 e. The van der Waals surface area contributed by atoms with Gasteiger partial charge in [0.2, 0.25) is 0 Å². The van der Waals surface area contributed by atoms with E-state index in [2.05, 4.69) is 53.9 Å². The highest BCUT2D eigenvalue weighted by Gasteiger charge is 2.22. The van der Waals surface area contributed by atoms with Gasteiger partial charge in [-0.05, 0) is 29.2 Å². The van der Waals surface area contributed by atoms with Gasteiger partial charge in [0, 0.05) is 0 Å². The standard InChI is InChI=1S/C15H26/c1-8-10-13(9-2)14(12(3)4)11-15(5,6)7/h8-10,12,14H,1-2,11H2,3-7H3/b13-10+. The summed E-state index contributed by atoms with van der Waals surface area (Å²) in [4.78, 5) is 0. The van der Waals surface area contributed by atoms with E-state index >= 15 is 0 Å². The van der Waals surface area contributed by atoms with Crippen molar-refractivity contribution in [1.82, 2.24) is 0 Å². The van der Waals surface area contributed by atoms with Crippen LogP contribution in [0.25, 0.3) is 0 Å². The van der Waals surface area contributed by atoms with Gasteiger partial charge in [-0.25, -0.2) is 0 Å². The SMILES string of the molecule is C=C/C=C(\C=C)C(CC(C)(C)C)C(C)C. The summed E-state index contributed by atoms with van der Waals surface area (Å²) >= 11 is 0. The van der Waals surface area contributed by atoms with Crippen LogP contribution in [-0.2, 0) is 0 Å². The largest absolute Gasteiger partial charge is 0.0991 e. The van der Waals surface area contributed by atoms with Crippen LogP contribution >= 0.6 is 0 Å². The van der Waals surface area contributed by atoms with E-state index in [4.69, 9.17) is 0 Å². The molecule has 0 N–H and O–H groups in total. The zero-order valence-electron chi connectivity index (χ0n) is 11.0. The van der Waals surface area contributed by atoms with Crippen LogP contribution in [0.3, 0.4) is 0 Å². The number of rotatable bonds is 5. The smallest absolute Gasteiger partial charge is 0.0134 e. The molecule has 0 aromatic rings. The van der Waals surface area contributed by atoms with E-state index in [0.29, 0.717) is 17.3 Å². The molecule has 0 radical (unpaired) electrons. The van der Waals surface area contributed by atoms with Crippen LogP contribution in [0.4, 0.5) is 0 Å². The van der Waals surface area contributed by atoms with Crippen molar-refractivity contribution in [2.45, 2.75) is 41.0 Å². The van der Waals surface area contributed by atoms with E-state index in [1.807, 2.05) is 12.2 Å². The minimum atomic E-state index is 0.359. The van der Waals surface area contributed by atoms with Gasteiger partial charge >= 0.3 is 0 Å². The van der Waals surface area contributed by atoms with Gasteiger partial charge in [-0.3, -0.25) is 0 Å². The maximum absolute atomic E-state index is 3.90. The van der Waals surface area contributed by atoms with Crippen LogP contribution in [-0.4, -0.2) is 0 Å². The molecule has 0 aromatic carbocycles. The summed E-state index contributed by atoms with van der Waals surface area (Å²) in [5, 5.41) is 0. The summed E-state index contributed by atoms with van der Waals surface area (Å²) in [5.41, 5.74) is 1.67. The van der Waals surface area contributed by atoms with Gasteiger partial charge < -0.3 is 0 Å². The summed E-state index contributed by atoms with van der Waals surface area (Å²) < 4.78 is 0. The van der Waals surface area contributed by atoms with Gasteiger partial charge in [-0.1, -0.05) is 66.0 Å². The van der Waals surface area contributed by atoms with Crippen molar-refractivity contribution in [2.24, 2.45) is 17.3 Å². The molecule has 0 aromatic heterocycles. The monoisotopic (exact) mass is 206 g/mol. The lowest BCUT2D eigenvalue weighted by atomic mass is 9.76. The third-order valence-corrected chi connectivity index (χ3v) is 2.61. The Morgan fingerprint density at radius 1 is 1.20 bits per heavy atom. The Kier molecular flexibility index (Phi) is 5.64. The second kappa shape index (κ2) is 5.95. The Morgan fingerprint density at radius 3 is 2.00 bits per heavy atom. The maximum atomic E-state index is 3.90. The lowest BCUT2D eigenvalue weighted by molar-refractivity contribution is 0.276. The molecule has 1 unspecified atom stereocenters. The fourth-order valence-electron chi connectivity index (χ4n) is 1.88.